The molecule has 98 valence electrons. The highest BCUT2D eigenvalue weighted by molar-refractivity contribution is 14.1. The molecule has 1 N–H and O–H groups in total. The first-order valence-electron chi connectivity index (χ1n) is 6.35. The fourth-order valence-electron chi connectivity index (χ4n) is 2.13. The summed E-state index contributed by atoms with van der Waals surface area (Å²) in [6, 6.07) is 20.6. The predicted octanol–water partition coefficient (Wildman–Crippen LogP) is 5.01. The van der Waals surface area contributed by atoms with E-state index in [-0.39, 0.29) is 0 Å². The van der Waals surface area contributed by atoms with Crippen molar-refractivity contribution in [3.63, 3.8) is 0 Å². The molecule has 0 saturated carbocycles. The molecule has 0 aliphatic heterocycles. The van der Waals surface area contributed by atoms with Gasteiger partial charge >= 0.3 is 0 Å². The summed E-state index contributed by atoms with van der Waals surface area (Å²) in [7, 11) is 0. The molecule has 0 fully saturated rings. The van der Waals surface area contributed by atoms with E-state index in [1.165, 1.54) is 25.4 Å². The normalized spacial score (nSPS) is 10.2. The van der Waals surface area contributed by atoms with Crippen molar-refractivity contribution in [2.45, 2.75) is 0 Å². The zero-order valence-electron chi connectivity index (χ0n) is 10.8. The van der Waals surface area contributed by atoms with Gasteiger partial charge in [-0.25, -0.2) is 0 Å². The molecule has 0 aliphatic rings. The molecule has 2 aromatic carbocycles. The lowest BCUT2D eigenvalue weighted by atomic mass is 10.2. The van der Waals surface area contributed by atoms with Gasteiger partial charge in [0.2, 0.25) is 0 Å². The van der Waals surface area contributed by atoms with E-state index in [1.54, 1.807) is 12.4 Å². The van der Waals surface area contributed by atoms with Crippen LogP contribution in [0, 0.1) is 3.57 Å². The summed E-state index contributed by atoms with van der Waals surface area (Å²) in [4.78, 5) is 7.19. The topological polar surface area (TPSA) is 28.7 Å². The van der Waals surface area contributed by atoms with Gasteiger partial charge in [-0.05, 0) is 59.0 Å². The summed E-state index contributed by atoms with van der Waals surface area (Å²) in [5.41, 5.74) is 2.43. The number of hydrogen-bond acceptors (Lipinski definition) is 1. The number of nitrogens with zero attached hydrogens (tertiary/aromatic N) is 1. The van der Waals surface area contributed by atoms with E-state index in [9.17, 15) is 0 Å². The van der Waals surface area contributed by atoms with Gasteiger partial charge in [0.15, 0.2) is 0 Å². The number of aromatic nitrogens is 2. The zero-order valence-corrected chi connectivity index (χ0v) is 12.9. The molecule has 0 saturated heterocycles. The lowest BCUT2D eigenvalue weighted by Crippen LogP contribution is -1.69. The smallest absolute Gasteiger partial charge is 0.0465 e. The minimum Gasteiger partial charge on any atom is -0.355 e. The number of benzene rings is 2. The van der Waals surface area contributed by atoms with Crippen LogP contribution < -0.4 is 0 Å². The second kappa shape index (κ2) is 6.05. The maximum absolute atomic E-state index is 3.78. The molecule has 0 aliphatic carbocycles. The standard InChI is InChI=1S/C12H8IN.C5H5N/c13-8-5-6-12-10(7-8)9-3-1-2-4-11(9)14-12;1-2-4-6-5-3-1/h1-7,14H;1-5H. The minimum absolute atomic E-state index is 1.21. The first kappa shape index (κ1) is 13.1. The molecule has 0 unspecified atom stereocenters. The van der Waals surface area contributed by atoms with E-state index < -0.39 is 0 Å². The molecule has 20 heavy (non-hydrogen) atoms. The fourth-order valence-corrected chi connectivity index (χ4v) is 2.62. The van der Waals surface area contributed by atoms with Crippen molar-refractivity contribution in [3.05, 3.63) is 76.6 Å². The van der Waals surface area contributed by atoms with Crippen LogP contribution in [0.25, 0.3) is 21.8 Å². The third-order valence-electron chi connectivity index (χ3n) is 3.03. The number of para-hydroxylation sites is 1. The number of fused-ring (bicyclic) bond motifs is 3. The van der Waals surface area contributed by atoms with Crippen molar-refractivity contribution in [2.24, 2.45) is 0 Å². The van der Waals surface area contributed by atoms with Crippen molar-refractivity contribution in [3.8, 4) is 0 Å². The van der Waals surface area contributed by atoms with Crippen LogP contribution in [0.15, 0.2) is 73.1 Å². The molecule has 4 aromatic rings. The highest BCUT2D eigenvalue weighted by Gasteiger charge is 2.02. The quantitative estimate of drug-likeness (QED) is 0.432. The second-order valence-electron chi connectivity index (χ2n) is 4.39. The van der Waals surface area contributed by atoms with Crippen LogP contribution in [0.1, 0.15) is 0 Å². The van der Waals surface area contributed by atoms with Crippen molar-refractivity contribution in [1.82, 2.24) is 9.97 Å². The number of nitrogens with one attached hydrogen (secondary N) is 1. The number of hydrogen-bond donors (Lipinski definition) is 1. The van der Waals surface area contributed by atoms with Crippen LogP contribution in [0.2, 0.25) is 0 Å². The molecule has 2 heterocycles. The van der Waals surface area contributed by atoms with Gasteiger partial charge in [0.1, 0.15) is 0 Å². The van der Waals surface area contributed by atoms with Crippen molar-refractivity contribution >= 4 is 44.4 Å². The van der Waals surface area contributed by atoms with E-state index in [2.05, 4.69) is 75.0 Å². The van der Waals surface area contributed by atoms with E-state index in [0.717, 1.165) is 0 Å². The summed E-state index contributed by atoms with van der Waals surface area (Å²) in [6.07, 6.45) is 3.50. The SMILES string of the molecule is Ic1ccc2[nH]c3ccccc3c2c1.c1ccncc1. The number of rotatable bonds is 0. The van der Waals surface area contributed by atoms with Crippen LogP contribution in [0.5, 0.6) is 0 Å². The zero-order chi connectivity index (χ0) is 13.8. The number of aromatic amines is 1. The molecule has 0 bridgehead atoms. The Balaban J connectivity index is 0.000000170. The number of pyridine rings is 1. The Kier molecular flexibility index (Phi) is 3.97. The Morgan fingerprint density at radius 3 is 2.20 bits per heavy atom. The summed E-state index contributed by atoms with van der Waals surface area (Å²) in [5, 5.41) is 2.62. The Morgan fingerprint density at radius 2 is 1.50 bits per heavy atom. The Hall–Kier alpha value is -1.88. The van der Waals surface area contributed by atoms with Crippen molar-refractivity contribution in [2.75, 3.05) is 0 Å². The van der Waals surface area contributed by atoms with Gasteiger partial charge in [0.05, 0.1) is 0 Å². The average molecular weight is 372 g/mol. The second-order valence-corrected chi connectivity index (χ2v) is 5.63. The van der Waals surface area contributed by atoms with Crippen molar-refractivity contribution in [1.29, 1.82) is 0 Å². The minimum atomic E-state index is 1.21. The molecule has 0 amide bonds. The van der Waals surface area contributed by atoms with Crippen LogP contribution in [-0.2, 0) is 0 Å². The highest BCUT2D eigenvalue weighted by atomic mass is 127. The predicted molar refractivity (Wildman–Crippen MR) is 92.8 cm³/mol. The third-order valence-corrected chi connectivity index (χ3v) is 3.71. The van der Waals surface area contributed by atoms with Gasteiger partial charge in [-0.2, -0.15) is 0 Å². The van der Waals surface area contributed by atoms with E-state index in [0.29, 0.717) is 0 Å². The highest BCUT2D eigenvalue weighted by Crippen LogP contribution is 2.26. The fraction of sp³-hybridized carbons (Fsp3) is 0. The Bertz CT molecular complexity index is 795. The van der Waals surface area contributed by atoms with Crippen LogP contribution in [0.3, 0.4) is 0 Å². The number of H-pyrrole nitrogens is 1. The summed E-state index contributed by atoms with van der Waals surface area (Å²) < 4.78 is 1.28. The first-order valence-corrected chi connectivity index (χ1v) is 7.43. The largest absolute Gasteiger partial charge is 0.355 e. The molecule has 0 radical (unpaired) electrons. The molecule has 0 atom stereocenters. The van der Waals surface area contributed by atoms with E-state index in [4.69, 9.17) is 0 Å². The van der Waals surface area contributed by atoms with Crippen molar-refractivity contribution < 1.29 is 0 Å². The Labute approximate surface area is 131 Å². The monoisotopic (exact) mass is 372 g/mol. The van der Waals surface area contributed by atoms with Crippen LogP contribution >= 0.6 is 22.6 Å². The summed E-state index contributed by atoms with van der Waals surface area (Å²) in [6.45, 7) is 0. The molecule has 3 heteroatoms. The van der Waals surface area contributed by atoms with Gasteiger partial charge in [0, 0.05) is 37.8 Å². The Morgan fingerprint density at radius 1 is 0.750 bits per heavy atom. The summed E-state index contributed by atoms with van der Waals surface area (Å²) >= 11 is 2.34. The average Bonchev–Trinajstić information content (AvgIpc) is 2.88. The number of halogens is 1. The maximum atomic E-state index is 3.78. The van der Waals surface area contributed by atoms with Gasteiger partial charge in [-0.15, -0.1) is 0 Å². The van der Waals surface area contributed by atoms with E-state index in [1.807, 2.05) is 18.2 Å². The molecular formula is C17H13IN2. The maximum Gasteiger partial charge on any atom is 0.0465 e. The molecule has 2 aromatic heterocycles. The van der Waals surface area contributed by atoms with Gasteiger partial charge in [-0.1, -0.05) is 24.3 Å². The van der Waals surface area contributed by atoms with Gasteiger partial charge in [0.25, 0.3) is 0 Å². The third kappa shape index (κ3) is 2.82. The molecule has 0 spiro atoms. The first-order chi connectivity index (χ1) is 9.84. The van der Waals surface area contributed by atoms with Crippen LogP contribution in [0.4, 0.5) is 0 Å². The molecule has 2 nitrogen and oxygen atoms in total. The summed E-state index contributed by atoms with van der Waals surface area (Å²) in [5.74, 6) is 0. The molecule has 4 rings (SSSR count). The van der Waals surface area contributed by atoms with E-state index >= 15 is 0 Å². The van der Waals surface area contributed by atoms with Gasteiger partial charge < -0.3 is 4.98 Å². The van der Waals surface area contributed by atoms with Gasteiger partial charge in [-0.3, -0.25) is 4.98 Å². The van der Waals surface area contributed by atoms with Crippen LogP contribution in [-0.4, -0.2) is 9.97 Å². The lowest BCUT2D eigenvalue weighted by molar-refractivity contribution is 1.33. The lowest BCUT2D eigenvalue weighted by Gasteiger charge is -1.91. The molecular weight excluding hydrogens is 359 g/mol.